The number of thioether (sulfide) groups is 1. The maximum absolute atomic E-state index is 13.9. The maximum atomic E-state index is 13.9. The summed E-state index contributed by atoms with van der Waals surface area (Å²) < 4.78 is 0. The number of nitrogens with zero attached hydrogens (tertiary/aromatic N) is 3. The molecule has 2 heterocycles. The molecule has 5 aromatic rings. The molecule has 3 aromatic carbocycles. The lowest BCUT2D eigenvalue weighted by Gasteiger charge is -2.24. The highest BCUT2D eigenvalue weighted by Crippen LogP contribution is 2.45. The molecule has 0 unspecified atom stereocenters. The Hall–Kier alpha value is -10.2. The van der Waals surface area contributed by atoms with Crippen molar-refractivity contribution < 1.29 is 78.0 Å². The van der Waals surface area contributed by atoms with E-state index in [1.807, 2.05) is 24.3 Å². The van der Waals surface area contributed by atoms with Crippen molar-refractivity contribution in [2.24, 2.45) is 17.8 Å². The van der Waals surface area contributed by atoms with Crippen LogP contribution in [0.15, 0.2) is 96.4 Å². The summed E-state index contributed by atoms with van der Waals surface area (Å²) in [5, 5.41) is 54.1. The zero-order valence-electron chi connectivity index (χ0n) is 48.2. The van der Waals surface area contributed by atoms with Crippen LogP contribution in [0.2, 0.25) is 0 Å². The SMILES string of the molecule is C=CC[C@H](NC(=O)[C@H](CC(=O)O)CC(=O)CC[C@H](NC(=O)c1ccc(NCc2cnc3nc(N)[nH]c(=O)c3n2)cc1)C(=O)O)C(=O)C[C@@H](CC(=O)O)C(=O)N[C@@H](CC(=O)O)C(=O)C[C@@H](CNC(=O)CCSCC1c2ccccc2-c2ccccc21)C(=O)NC. The summed E-state index contributed by atoms with van der Waals surface area (Å²) in [5.74, 6) is -17.0. The lowest BCUT2D eigenvalue weighted by Crippen LogP contribution is -2.49. The van der Waals surface area contributed by atoms with Gasteiger partial charge in [0.05, 0.1) is 67.5 Å². The molecule has 1 aliphatic carbocycles. The number of hydrogen-bond donors (Lipinski definition) is 12. The number of carbonyl (C=O) groups excluding carboxylic acids is 8. The molecule has 2 aromatic heterocycles. The smallest absolute Gasteiger partial charge is 0.326 e. The number of carboxylic acids is 4. The summed E-state index contributed by atoms with van der Waals surface area (Å²) in [6, 6.07) is 16.9. The fraction of sp³-hybridized carbons (Fsp3) is 0.367. The number of nitrogens with two attached hydrogens (primary N) is 1. The third kappa shape index (κ3) is 19.9. The first-order chi connectivity index (χ1) is 42.4. The van der Waals surface area contributed by atoms with E-state index in [2.05, 4.69) is 82.7 Å². The van der Waals surface area contributed by atoms with Gasteiger partial charge in [0.2, 0.25) is 29.6 Å². The number of nitrogen functional groups attached to an aromatic ring is 1. The van der Waals surface area contributed by atoms with Gasteiger partial charge in [-0.3, -0.25) is 62.5 Å². The first-order valence-electron chi connectivity index (χ1n) is 28.0. The maximum Gasteiger partial charge on any atom is 0.326 e. The molecule has 5 amide bonds. The van der Waals surface area contributed by atoms with Crippen LogP contribution in [0.1, 0.15) is 97.3 Å². The number of anilines is 2. The fourth-order valence-corrected chi connectivity index (χ4v) is 11.0. The minimum Gasteiger partial charge on any atom is -0.481 e. The lowest BCUT2D eigenvalue weighted by atomic mass is 9.91. The Morgan fingerprint density at radius 2 is 1.27 bits per heavy atom. The van der Waals surface area contributed by atoms with E-state index in [9.17, 15) is 82.8 Å². The van der Waals surface area contributed by atoms with Gasteiger partial charge in [0.15, 0.2) is 22.7 Å². The summed E-state index contributed by atoms with van der Waals surface area (Å²) >= 11 is 1.57. The molecule has 0 bridgehead atoms. The number of Topliss-reactive ketones (excluding diaryl/α,β-unsaturated/α-hetero) is 3. The average Bonchev–Trinajstić information content (AvgIpc) is 1.89. The number of H-pyrrole nitrogens is 1. The Labute approximate surface area is 512 Å². The lowest BCUT2D eigenvalue weighted by molar-refractivity contribution is -0.144. The summed E-state index contributed by atoms with van der Waals surface area (Å²) in [5.41, 5.74) is 10.6. The van der Waals surface area contributed by atoms with Crippen molar-refractivity contribution >= 4 is 105 Å². The zero-order chi connectivity index (χ0) is 64.9. The third-order valence-electron chi connectivity index (χ3n) is 14.4. The van der Waals surface area contributed by atoms with Gasteiger partial charge in [-0.05, 0) is 59.4 Å². The summed E-state index contributed by atoms with van der Waals surface area (Å²) in [4.78, 5) is 183. The van der Waals surface area contributed by atoms with Crippen molar-refractivity contribution in [3.63, 3.8) is 0 Å². The topological polar surface area (TPSA) is 455 Å². The third-order valence-corrected chi connectivity index (χ3v) is 15.5. The van der Waals surface area contributed by atoms with Crippen molar-refractivity contribution in [3.8, 4) is 11.1 Å². The van der Waals surface area contributed by atoms with Crippen molar-refractivity contribution in [3.05, 3.63) is 124 Å². The fourth-order valence-electron chi connectivity index (χ4n) is 9.91. The Balaban J connectivity index is 0.999. The van der Waals surface area contributed by atoms with Crippen LogP contribution in [0, 0.1) is 17.8 Å². The molecule has 0 fully saturated rings. The van der Waals surface area contributed by atoms with Gasteiger partial charge in [-0.15, -0.1) is 6.58 Å². The van der Waals surface area contributed by atoms with Gasteiger partial charge < -0.3 is 58.1 Å². The van der Waals surface area contributed by atoms with Gasteiger partial charge in [-0.2, -0.15) is 16.7 Å². The van der Waals surface area contributed by atoms with E-state index in [1.54, 1.807) is 11.8 Å². The van der Waals surface area contributed by atoms with Gasteiger partial charge in [0.25, 0.3) is 11.5 Å². The van der Waals surface area contributed by atoms with Crippen molar-refractivity contribution in [1.82, 2.24) is 46.5 Å². The quantitative estimate of drug-likeness (QED) is 0.0201. The number of carboxylic acid groups (broad SMARTS) is 4. The second-order valence-electron chi connectivity index (χ2n) is 20.9. The second-order valence-corrected chi connectivity index (χ2v) is 22.1. The van der Waals surface area contributed by atoms with E-state index in [0.717, 1.165) is 11.1 Å². The minimum atomic E-state index is -1.86. The highest BCUT2D eigenvalue weighted by atomic mass is 32.2. The van der Waals surface area contributed by atoms with Gasteiger partial charge in [-0.25, -0.2) is 14.8 Å². The molecule has 470 valence electrons. The van der Waals surface area contributed by atoms with Crippen LogP contribution in [-0.2, 0) is 59.3 Å². The van der Waals surface area contributed by atoms with Crippen molar-refractivity contribution in [1.29, 1.82) is 0 Å². The minimum absolute atomic E-state index is 0.0283. The molecule has 13 N–H and O–H groups in total. The molecule has 0 radical (unpaired) electrons. The number of benzene rings is 3. The largest absolute Gasteiger partial charge is 0.481 e. The molecular formula is C60H67N11O17S. The Morgan fingerprint density at radius 1 is 0.685 bits per heavy atom. The Morgan fingerprint density at radius 3 is 1.87 bits per heavy atom. The number of aromatic amines is 1. The molecule has 28 nitrogen and oxygen atoms in total. The van der Waals surface area contributed by atoms with E-state index in [-0.39, 0.29) is 54.5 Å². The molecule has 6 rings (SSSR count). The number of ketones is 3. The highest BCUT2D eigenvalue weighted by Gasteiger charge is 2.36. The Bertz CT molecular complexity index is 3530. The van der Waals surface area contributed by atoms with Gasteiger partial charge >= 0.3 is 23.9 Å². The number of rotatable bonds is 37. The summed E-state index contributed by atoms with van der Waals surface area (Å²) in [6.07, 6.45) is -4.27. The number of aromatic nitrogens is 4. The van der Waals surface area contributed by atoms with E-state index < -0.39 is 164 Å². The molecule has 29 heteroatoms. The van der Waals surface area contributed by atoms with Crippen LogP contribution < -0.4 is 43.2 Å². The van der Waals surface area contributed by atoms with Gasteiger partial charge in [-0.1, -0.05) is 54.6 Å². The molecule has 0 spiro atoms. The summed E-state index contributed by atoms with van der Waals surface area (Å²) in [6.45, 7) is 3.30. The van der Waals surface area contributed by atoms with Crippen molar-refractivity contribution in [2.45, 2.75) is 94.8 Å². The number of carbonyl (C=O) groups is 12. The van der Waals surface area contributed by atoms with E-state index in [4.69, 9.17) is 5.73 Å². The number of fused-ring (bicyclic) bond motifs is 4. The van der Waals surface area contributed by atoms with Crippen LogP contribution in [-0.4, -0.2) is 154 Å². The predicted molar refractivity (Wildman–Crippen MR) is 322 cm³/mol. The normalized spacial score (nSPS) is 13.5. The predicted octanol–water partition coefficient (Wildman–Crippen LogP) is 2.36. The van der Waals surface area contributed by atoms with E-state index in [0.29, 0.717) is 22.9 Å². The number of amides is 5. The molecule has 0 saturated heterocycles. The molecule has 6 atom stereocenters. The zero-order valence-corrected chi connectivity index (χ0v) is 49.0. The van der Waals surface area contributed by atoms with E-state index >= 15 is 0 Å². The second kappa shape index (κ2) is 32.5. The molecular weight excluding hydrogens is 1180 g/mol. The molecule has 0 aliphatic heterocycles. The number of hydrogen-bond acceptors (Lipinski definition) is 19. The van der Waals surface area contributed by atoms with E-state index in [1.165, 1.54) is 54.7 Å². The Kier molecular flexibility index (Phi) is 24.8. The average molecular weight is 1250 g/mol. The monoisotopic (exact) mass is 1250 g/mol. The number of nitrogens with one attached hydrogen (secondary N) is 7. The highest BCUT2D eigenvalue weighted by molar-refractivity contribution is 7.99. The van der Waals surface area contributed by atoms with Crippen LogP contribution in [0.5, 0.6) is 0 Å². The van der Waals surface area contributed by atoms with Crippen LogP contribution in [0.4, 0.5) is 11.6 Å². The van der Waals surface area contributed by atoms with Gasteiger partial charge in [0.1, 0.15) is 11.8 Å². The first kappa shape index (κ1) is 67.9. The van der Waals surface area contributed by atoms with Gasteiger partial charge in [0, 0.05) is 74.4 Å². The molecule has 89 heavy (non-hydrogen) atoms. The van der Waals surface area contributed by atoms with Crippen LogP contribution >= 0.6 is 11.8 Å². The van der Waals surface area contributed by atoms with Crippen LogP contribution in [0.3, 0.4) is 0 Å². The molecule has 1 aliphatic rings. The number of aliphatic carboxylic acids is 4. The molecule has 0 saturated carbocycles. The van der Waals surface area contributed by atoms with Crippen LogP contribution in [0.25, 0.3) is 22.3 Å². The summed E-state index contributed by atoms with van der Waals surface area (Å²) in [7, 11) is 1.28. The first-order valence-corrected chi connectivity index (χ1v) is 29.2. The standard InChI is InChI=1S/C60H67N11O17S/c1-3-8-43(67-56(84)32(24-49(76)77)21-37(72)17-18-44(59(87)88)68-55(83)31-13-15-35(16-14-31)63-28-36-29-65-53-52(66-36)58(86)71-60(61)70-53)46(73)22-33(25-50(78)79)57(85)69-45(26-51(80)81)47(74)23-34(54(82)62-2)27-64-48(75)19-20-89-30-42-40-11-6-4-9-38(40)39-10-5-7-12-41(39)42/h3-7,9-16,29,32-34,42-45,63H,1,8,17-28,30H2,2H3,(H,62,82)(H,64,75)(H,67,84)(H,68,83)(H,69,85)(H,76,77)(H,78,79)(H,80,81)(H,87,88)(H3,61,65,70,71,86)/t32-,33-,34-,43-,44-,45-/m0/s1. The van der Waals surface area contributed by atoms with Crippen molar-refractivity contribution in [2.75, 3.05) is 36.1 Å².